The summed E-state index contributed by atoms with van der Waals surface area (Å²) in [6.07, 6.45) is 3.60. The minimum Gasteiger partial charge on any atom is -0.497 e. The van der Waals surface area contributed by atoms with E-state index in [1.54, 1.807) is 38.3 Å². The normalized spacial score (nSPS) is 16.0. The van der Waals surface area contributed by atoms with Crippen LogP contribution in [0.25, 0.3) is 0 Å². The zero-order valence-electron chi connectivity index (χ0n) is 16.5. The minimum absolute atomic E-state index is 0.0327. The second kappa shape index (κ2) is 8.60. The predicted octanol–water partition coefficient (Wildman–Crippen LogP) is 4.56. The summed E-state index contributed by atoms with van der Waals surface area (Å²) in [4.78, 5) is 25.8. The molecule has 7 nitrogen and oxygen atoms in total. The average Bonchev–Trinajstić information content (AvgIpc) is 2.73. The average molecular weight is 394 g/mol. The first-order valence-electron chi connectivity index (χ1n) is 9.20. The minimum atomic E-state index is -0.579. The van der Waals surface area contributed by atoms with Gasteiger partial charge in [-0.2, -0.15) is 0 Å². The van der Waals surface area contributed by atoms with Gasteiger partial charge in [0.2, 0.25) is 0 Å². The Balaban J connectivity index is 2.10. The van der Waals surface area contributed by atoms with Gasteiger partial charge in [0, 0.05) is 35.1 Å². The van der Waals surface area contributed by atoms with Gasteiger partial charge < -0.3 is 14.4 Å². The Morgan fingerprint density at radius 3 is 2.48 bits per heavy atom. The molecule has 0 radical (unpaired) electrons. The van der Waals surface area contributed by atoms with E-state index in [4.69, 9.17) is 9.47 Å². The van der Waals surface area contributed by atoms with Crippen LogP contribution in [0.2, 0.25) is 0 Å². The second-order valence-electron chi connectivity index (χ2n) is 6.42. The number of rotatable bonds is 6. The summed E-state index contributed by atoms with van der Waals surface area (Å²) in [6, 6.07) is 13.9. The Bertz CT molecular complexity index is 979. The van der Waals surface area contributed by atoms with Crippen LogP contribution >= 0.6 is 0 Å². The van der Waals surface area contributed by atoms with Crippen LogP contribution < -0.4 is 9.64 Å². The van der Waals surface area contributed by atoms with Gasteiger partial charge in [0.25, 0.3) is 5.69 Å². The monoisotopic (exact) mass is 394 g/mol. The number of hydrogen-bond donors (Lipinski definition) is 0. The predicted molar refractivity (Wildman–Crippen MR) is 110 cm³/mol. The number of nitrogens with zero attached hydrogens (tertiary/aromatic N) is 2. The van der Waals surface area contributed by atoms with Crippen molar-refractivity contribution in [1.82, 2.24) is 0 Å². The van der Waals surface area contributed by atoms with Crippen LogP contribution in [-0.2, 0) is 9.53 Å². The maximum absolute atomic E-state index is 12.8. The zero-order valence-corrected chi connectivity index (χ0v) is 16.5. The number of para-hydroxylation sites is 1. The molecule has 7 heteroatoms. The first-order valence-corrected chi connectivity index (χ1v) is 9.20. The van der Waals surface area contributed by atoms with E-state index in [9.17, 15) is 14.9 Å². The van der Waals surface area contributed by atoms with Crippen LogP contribution in [0.1, 0.15) is 25.3 Å². The number of nitro benzene ring substituents is 1. The van der Waals surface area contributed by atoms with E-state index in [1.807, 2.05) is 42.3 Å². The molecule has 0 fully saturated rings. The van der Waals surface area contributed by atoms with Gasteiger partial charge >= 0.3 is 5.97 Å². The number of benzene rings is 2. The molecule has 150 valence electrons. The lowest BCUT2D eigenvalue weighted by atomic mass is 9.86. The van der Waals surface area contributed by atoms with E-state index >= 15 is 0 Å². The van der Waals surface area contributed by atoms with Crippen molar-refractivity contribution < 1.29 is 19.2 Å². The maximum atomic E-state index is 12.8. The third kappa shape index (κ3) is 3.99. The van der Waals surface area contributed by atoms with Crippen molar-refractivity contribution in [2.24, 2.45) is 0 Å². The fourth-order valence-corrected chi connectivity index (χ4v) is 3.42. The molecule has 0 spiro atoms. The lowest BCUT2D eigenvalue weighted by Crippen LogP contribution is -2.27. The number of hydrogen-bond acceptors (Lipinski definition) is 6. The highest BCUT2D eigenvalue weighted by atomic mass is 16.6. The molecule has 0 saturated carbocycles. The largest absolute Gasteiger partial charge is 0.497 e. The standard InChI is InChI=1S/C22H22N2O5/c1-4-29-22(25)21-15(2)23(16-9-11-17(28-3)12-10-16)14-13-19(21)18-7-5-6-8-20(18)24(26)27/h5-14,19H,4H2,1-3H3. The molecule has 1 heterocycles. The van der Waals surface area contributed by atoms with Crippen LogP contribution in [0.3, 0.4) is 0 Å². The van der Waals surface area contributed by atoms with Crippen LogP contribution in [0.4, 0.5) is 11.4 Å². The molecule has 1 unspecified atom stereocenters. The summed E-state index contributed by atoms with van der Waals surface area (Å²) >= 11 is 0. The molecule has 3 rings (SSSR count). The van der Waals surface area contributed by atoms with E-state index in [2.05, 4.69) is 0 Å². The number of carbonyl (C=O) groups excluding carboxylic acids is 1. The molecular weight excluding hydrogens is 372 g/mol. The Kier molecular flexibility index (Phi) is 5.97. The van der Waals surface area contributed by atoms with E-state index < -0.39 is 16.8 Å². The van der Waals surface area contributed by atoms with Crippen LogP contribution in [0.5, 0.6) is 5.75 Å². The molecule has 29 heavy (non-hydrogen) atoms. The third-order valence-electron chi connectivity index (χ3n) is 4.80. The Hall–Kier alpha value is -3.61. The molecule has 1 aliphatic heterocycles. The highest BCUT2D eigenvalue weighted by molar-refractivity contribution is 5.93. The van der Waals surface area contributed by atoms with Gasteiger partial charge in [0.15, 0.2) is 0 Å². The van der Waals surface area contributed by atoms with Crippen LogP contribution in [0, 0.1) is 10.1 Å². The first-order chi connectivity index (χ1) is 14.0. The van der Waals surface area contributed by atoms with Crippen molar-refractivity contribution in [1.29, 1.82) is 0 Å². The number of allylic oxidation sites excluding steroid dienone is 2. The highest BCUT2D eigenvalue weighted by Gasteiger charge is 2.33. The highest BCUT2D eigenvalue weighted by Crippen LogP contribution is 2.39. The number of anilines is 1. The fraction of sp³-hybridized carbons (Fsp3) is 0.227. The zero-order chi connectivity index (χ0) is 21.0. The van der Waals surface area contributed by atoms with Crippen LogP contribution in [-0.4, -0.2) is 24.6 Å². The van der Waals surface area contributed by atoms with Gasteiger partial charge in [-0.1, -0.05) is 24.3 Å². The van der Waals surface area contributed by atoms with Gasteiger partial charge in [-0.25, -0.2) is 4.79 Å². The first kappa shape index (κ1) is 20.1. The van der Waals surface area contributed by atoms with Crippen molar-refractivity contribution in [3.63, 3.8) is 0 Å². The number of esters is 1. The summed E-state index contributed by atoms with van der Waals surface area (Å²) < 4.78 is 10.5. The molecule has 2 aromatic carbocycles. The van der Waals surface area contributed by atoms with Crippen molar-refractivity contribution in [3.05, 3.63) is 87.8 Å². The summed E-state index contributed by atoms with van der Waals surface area (Å²) in [7, 11) is 1.59. The SMILES string of the molecule is CCOC(=O)C1=C(C)N(c2ccc(OC)cc2)C=CC1c1ccccc1[N+](=O)[O-]. The maximum Gasteiger partial charge on any atom is 0.336 e. The van der Waals surface area contributed by atoms with Crippen molar-refractivity contribution in [3.8, 4) is 5.75 Å². The van der Waals surface area contributed by atoms with E-state index in [1.165, 1.54) is 6.07 Å². The van der Waals surface area contributed by atoms with Crippen molar-refractivity contribution in [2.75, 3.05) is 18.6 Å². The molecule has 1 atom stereocenters. The van der Waals surface area contributed by atoms with Gasteiger partial charge in [-0.15, -0.1) is 0 Å². The number of carbonyl (C=O) groups is 1. The summed E-state index contributed by atoms with van der Waals surface area (Å²) in [5, 5.41) is 11.5. The van der Waals surface area contributed by atoms with Crippen LogP contribution in [0.15, 0.2) is 72.1 Å². The lowest BCUT2D eigenvalue weighted by Gasteiger charge is -2.31. The van der Waals surface area contributed by atoms with E-state index in [0.29, 0.717) is 16.8 Å². The van der Waals surface area contributed by atoms with Gasteiger partial charge in [0.1, 0.15) is 5.75 Å². The number of methoxy groups -OCH3 is 1. The third-order valence-corrected chi connectivity index (χ3v) is 4.80. The molecule has 0 aliphatic carbocycles. The number of nitro groups is 1. The Labute approximate surface area is 169 Å². The Morgan fingerprint density at radius 2 is 1.86 bits per heavy atom. The van der Waals surface area contributed by atoms with Crippen molar-refractivity contribution in [2.45, 2.75) is 19.8 Å². The van der Waals surface area contributed by atoms with Gasteiger partial charge in [-0.3, -0.25) is 10.1 Å². The number of ether oxygens (including phenoxy) is 2. The quantitative estimate of drug-likeness (QED) is 0.406. The topological polar surface area (TPSA) is 81.9 Å². The Morgan fingerprint density at radius 1 is 1.17 bits per heavy atom. The van der Waals surface area contributed by atoms with Crippen molar-refractivity contribution >= 4 is 17.3 Å². The van der Waals surface area contributed by atoms with Gasteiger partial charge in [-0.05, 0) is 38.1 Å². The smallest absolute Gasteiger partial charge is 0.336 e. The molecule has 2 aromatic rings. The second-order valence-corrected chi connectivity index (χ2v) is 6.42. The summed E-state index contributed by atoms with van der Waals surface area (Å²) in [6.45, 7) is 3.75. The fourth-order valence-electron chi connectivity index (χ4n) is 3.42. The summed E-state index contributed by atoms with van der Waals surface area (Å²) in [5.41, 5.74) is 2.28. The molecule has 0 amide bonds. The molecule has 0 saturated heterocycles. The molecular formula is C22H22N2O5. The summed E-state index contributed by atoms with van der Waals surface area (Å²) in [5.74, 6) is -0.346. The van der Waals surface area contributed by atoms with E-state index in [0.717, 1.165) is 11.4 Å². The molecule has 0 aromatic heterocycles. The van der Waals surface area contributed by atoms with E-state index in [-0.39, 0.29) is 12.3 Å². The lowest BCUT2D eigenvalue weighted by molar-refractivity contribution is -0.385. The van der Waals surface area contributed by atoms with Gasteiger partial charge in [0.05, 0.1) is 24.2 Å². The molecule has 1 aliphatic rings. The molecule has 0 bridgehead atoms. The molecule has 0 N–H and O–H groups in total.